The Morgan fingerprint density at radius 3 is 2.45 bits per heavy atom. The number of halogens is 1. The molecule has 4 rings (SSSR count). The molecule has 0 N–H and O–H groups in total. The zero-order valence-electron chi connectivity index (χ0n) is 17.3. The van der Waals surface area contributed by atoms with Crippen LogP contribution in [0, 0.1) is 0 Å². The molecule has 158 valence electrons. The standard InChI is InChI=1S/C24H22ClN3O2S/c1-27(2)14-15-28(24-26-22-20(25)12-7-13-21(22)31-24)23(29)17-8-6-11-19(16-17)30-18-9-4-3-5-10-18/h3-13,16H,14-15H2,1-2H3. The van der Waals surface area contributed by atoms with Gasteiger partial charge >= 0.3 is 0 Å². The number of aromatic nitrogens is 1. The normalized spacial score (nSPS) is 11.1. The molecule has 4 aromatic rings. The van der Waals surface area contributed by atoms with Crippen molar-refractivity contribution in [3.05, 3.63) is 83.4 Å². The zero-order chi connectivity index (χ0) is 21.8. The van der Waals surface area contributed by atoms with Gasteiger partial charge in [0.1, 0.15) is 17.0 Å². The van der Waals surface area contributed by atoms with Crippen LogP contribution in [0.25, 0.3) is 10.2 Å². The number of rotatable bonds is 7. The third-order valence-corrected chi connectivity index (χ3v) is 6.01. The minimum Gasteiger partial charge on any atom is -0.457 e. The number of carbonyl (C=O) groups is 1. The number of amides is 1. The fraction of sp³-hybridized carbons (Fsp3) is 0.167. The van der Waals surface area contributed by atoms with Crippen molar-refractivity contribution in [2.75, 3.05) is 32.1 Å². The van der Waals surface area contributed by atoms with Gasteiger partial charge < -0.3 is 9.64 Å². The minimum atomic E-state index is -0.129. The Morgan fingerprint density at radius 2 is 1.71 bits per heavy atom. The maximum atomic E-state index is 13.5. The van der Waals surface area contributed by atoms with Crippen molar-refractivity contribution in [2.24, 2.45) is 0 Å². The average Bonchev–Trinajstić information content (AvgIpc) is 3.20. The van der Waals surface area contributed by atoms with Crippen LogP contribution in [-0.4, -0.2) is 43.0 Å². The highest BCUT2D eigenvalue weighted by molar-refractivity contribution is 7.22. The second-order valence-electron chi connectivity index (χ2n) is 7.29. The summed E-state index contributed by atoms with van der Waals surface area (Å²) in [7, 11) is 3.96. The van der Waals surface area contributed by atoms with Crippen molar-refractivity contribution in [3.63, 3.8) is 0 Å². The molecule has 1 amide bonds. The Bertz CT molecular complexity index is 1190. The van der Waals surface area contributed by atoms with Crippen molar-refractivity contribution in [1.29, 1.82) is 0 Å². The van der Waals surface area contributed by atoms with Crippen molar-refractivity contribution < 1.29 is 9.53 Å². The molecule has 0 aliphatic rings. The number of carbonyl (C=O) groups excluding carboxylic acids is 1. The summed E-state index contributed by atoms with van der Waals surface area (Å²) in [5, 5.41) is 1.21. The van der Waals surface area contributed by atoms with E-state index in [0.717, 1.165) is 10.4 Å². The monoisotopic (exact) mass is 451 g/mol. The third kappa shape index (κ3) is 5.05. The molecule has 1 aromatic heterocycles. The van der Waals surface area contributed by atoms with Crippen LogP contribution < -0.4 is 9.64 Å². The highest BCUT2D eigenvalue weighted by Gasteiger charge is 2.22. The van der Waals surface area contributed by atoms with Gasteiger partial charge in [0, 0.05) is 18.7 Å². The van der Waals surface area contributed by atoms with Crippen LogP contribution in [0.3, 0.4) is 0 Å². The fourth-order valence-electron chi connectivity index (χ4n) is 3.08. The number of likely N-dealkylation sites (N-methyl/N-ethyl adjacent to an activating group) is 1. The molecule has 0 spiro atoms. The van der Waals surface area contributed by atoms with Crippen LogP contribution in [0.5, 0.6) is 11.5 Å². The Labute approximate surface area is 190 Å². The third-order valence-electron chi connectivity index (χ3n) is 4.67. The molecule has 0 radical (unpaired) electrons. The van der Waals surface area contributed by atoms with Gasteiger partial charge in [-0.05, 0) is 56.6 Å². The number of para-hydroxylation sites is 2. The zero-order valence-corrected chi connectivity index (χ0v) is 18.9. The predicted octanol–water partition coefficient (Wildman–Crippen LogP) is 5.95. The largest absolute Gasteiger partial charge is 0.457 e. The molecule has 0 aliphatic carbocycles. The highest BCUT2D eigenvalue weighted by Crippen LogP contribution is 2.33. The van der Waals surface area contributed by atoms with E-state index >= 15 is 0 Å². The smallest absolute Gasteiger partial charge is 0.260 e. The second-order valence-corrected chi connectivity index (χ2v) is 8.70. The van der Waals surface area contributed by atoms with Gasteiger partial charge in [0.05, 0.1) is 9.72 Å². The van der Waals surface area contributed by atoms with E-state index in [1.165, 1.54) is 11.3 Å². The number of fused-ring (bicyclic) bond motifs is 1. The summed E-state index contributed by atoms with van der Waals surface area (Å²) < 4.78 is 6.86. The van der Waals surface area contributed by atoms with Crippen LogP contribution in [-0.2, 0) is 0 Å². The van der Waals surface area contributed by atoms with Gasteiger partial charge in [-0.1, -0.05) is 53.3 Å². The Kier molecular flexibility index (Phi) is 6.51. The molecule has 0 bridgehead atoms. The lowest BCUT2D eigenvalue weighted by molar-refractivity contribution is 0.0985. The van der Waals surface area contributed by atoms with E-state index in [1.54, 1.807) is 17.0 Å². The quantitative estimate of drug-likeness (QED) is 0.348. The molecular weight excluding hydrogens is 430 g/mol. The fourth-order valence-corrected chi connectivity index (χ4v) is 4.37. The second kappa shape index (κ2) is 9.47. The Balaban J connectivity index is 1.65. The molecule has 0 fully saturated rings. The van der Waals surface area contributed by atoms with Gasteiger partial charge in [-0.15, -0.1) is 0 Å². The number of thiazole rings is 1. The van der Waals surface area contributed by atoms with Gasteiger partial charge in [-0.3, -0.25) is 9.69 Å². The van der Waals surface area contributed by atoms with Crippen LogP contribution >= 0.6 is 22.9 Å². The van der Waals surface area contributed by atoms with Gasteiger partial charge in [0.15, 0.2) is 5.13 Å². The number of benzene rings is 3. The van der Waals surface area contributed by atoms with Crippen LogP contribution in [0.15, 0.2) is 72.8 Å². The van der Waals surface area contributed by atoms with Crippen LogP contribution in [0.1, 0.15) is 10.4 Å². The topological polar surface area (TPSA) is 45.7 Å². The molecular formula is C24H22ClN3O2S. The van der Waals surface area contributed by atoms with Crippen LogP contribution in [0.2, 0.25) is 5.02 Å². The summed E-state index contributed by atoms with van der Waals surface area (Å²) in [5.41, 5.74) is 1.26. The van der Waals surface area contributed by atoms with Crippen LogP contribution in [0.4, 0.5) is 5.13 Å². The summed E-state index contributed by atoms with van der Waals surface area (Å²) in [6.07, 6.45) is 0. The maximum absolute atomic E-state index is 13.5. The number of anilines is 1. The number of ether oxygens (including phenoxy) is 1. The molecule has 31 heavy (non-hydrogen) atoms. The van der Waals surface area contributed by atoms with E-state index in [2.05, 4.69) is 4.98 Å². The van der Waals surface area contributed by atoms with Gasteiger partial charge in [-0.25, -0.2) is 4.98 Å². The van der Waals surface area contributed by atoms with E-state index in [0.29, 0.717) is 40.1 Å². The molecule has 3 aromatic carbocycles. The molecule has 0 aliphatic heterocycles. The number of hydrogen-bond acceptors (Lipinski definition) is 5. The minimum absolute atomic E-state index is 0.129. The lowest BCUT2D eigenvalue weighted by Gasteiger charge is -2.22. The van der Waals surface area contributed by atoms with Gasteiger partial charge in [0.25, 0.3) is 5.91 Å². The van der Waals surface area contributed by atoms with E-state index in [9.17, 15) is 4.79 Å². The summed E-state index contributed by atoms with van der Waals surface area (Å²) in [5.74, 6) is 1.20. The number of hydrogen-bond donors (Lipinski definition) is 0. The highest BCUT2D eigenvalue weighted by atomic mass is 35.5. The molecule has 7 heteroatoms. The summed E-state index contributed by atoms with van der Waals surface area (Å²) in [6.45, 7) is 1.21. The van der Waals surface area contributed by atoms with Gasteiger partial charge in [0.2, 0.25) is 0 Å². The molecule has 0 atom stereocenters. The summed E-state index contributed by atoms with van der Waals surface area (Å²) >= 11 is 7.77. The average molecular weight is 452 g/mol. The summed E-state index contributed by atoms with van der Waals surface area (Å²) in [6, 6.07) is 22.4. The Hall–Kier alpha value is -2.93. The van der Waals surface area contributed by atoms with Crippen molar-refractivity contribution >= 4 is 44.2 Å². The first-order chi connectivity index (χ1) is 15.0. The Morgan fingerprint density at radius 1 is 0.968 bits per heavy atom. The van der Waals surface area contributed by atoms with E-state index < -0.39 is 0 Å². The first kappa shape index (κ1) is 21.3. The van der Waals surface area contributed by atoms with E-state index in [1.807, 2.05) is 79.7 Å². The van der Waals surface area contributed by atoms with Crippen molar-refractivity contribution in [3.8, 4) is 11.5 Å². The molecule has 0 saturated carbocycles. The summed E-state index contributed by atoms with van der Waals surface area (Å²) in [4.78, 5) is 21.9. The SMILES string of the molecule is CN(C)CCN(C(=O)c1cccc(Oc2ccccc2)c1)c1nc2c(Cl)cccc2s1. The lowest BCUT2D eigenvalue weighted by Crippen LogP contribution is -2.36. The van der Waals surface area contributed by atoms with E-state index in [-0.39, 0.29) is 5.91 Å². The van der Waals surface area contributed by atoms with Crippen molar-refractivity contribution in [2.45, 2.75) is 0 Å². The predicted molar refractivity (Wildman–Crippen MR) is 128 cm³/mol. The first-order valence-electron chi connectivity index (χ1n) is 9.86. The molecule has 5 nitrogen and oxygen atoms in total. The first-order valence-corrected chi connectivity index (χ1v) is 11.1. The van der Waals surface area contributed by atoms with Gasteiger partial charge in [-0.2, -0.15) is 0 Å². The maximum Gasteiger partial charge on any atom is 0.260 e. The molecule has 1 heterocycles. The van der Waals surface area contributed by atoms with E-state index in [4.69, 9.17) is 16.3 Å². The molecule has 0 unspecified atom stereocenters. The number of nitrogens with zero attached hydrogens (tertiary/aromatic N) is 3. The van der Waals surface area contributed by atoms with Crippen molar-refractivity contribution in [1.82, 2.24) is 9.88 Å². The molecule has 0 saturated heterocycles. The lowest BCUT2D eigenvalue weighted by atomic mass is 10.2.